The molecule has 2 aromatic carbocycles. The second-order valence-electron chi connectivity index (χ2n) is 7.08. The fourth-order valence-electron chi connectivity index (χ4n) is 3.43. The molecule has 146 valence electrons. The molecule has 0 spiro atoms. The quantitative estimate of drug-likeness (QED) is 0.673. The summed E-state index contributed by atoms with van der Waals surface area (Å²) in [5.74, 6) is -0.863. The highest BCUT2D eigenvalue weighted by Crippen LogP contribution is 2.28. The van der Waals surface area contributed by atoms with Crippen LogP contribution in [0.3, 0.4) is 0 Å². The molecule has 0 aliphatic carbocycles. The molecule has 2 N–H and O–H groups in total. The molecule has 1 amide bonds. The molecule has 0 unspecified atom stereocenters. The third-order valence-electron chi connectivity index (χ3n) is 5.04. The summed E-state index contributed by atoms with van der Waals surface area (Å²) in [7, 11) is 5.50. The highest BCUT2D eigenvalue weighted by Gasteiger charge is 2.33. The van der Waals surface area contributed by atoms with E-state index in [9.17, 15) is 14.4 Å². The molecule has 29 heavy (non-hydrogen) atoms. The normalized spacial score (nSPS) is 16.2. The zero-order chi connectivity index (χ0) is 20.7. The Kier molecular flexibility index (Phi) is 4.43. The van der Waals surface area contributed by atoms with Gasteiger partial charge in [0.25, 0.3) is 11.5 Å². The lowest BCUT2D eigenvalue weighted by atomic mass is 9.95. The number of hydrogen-bond donors (Lipinski definition) is 2. The number of nitrogens with one attached hydrogen (secondary N) is 2. The Morgan fingerprint density at radius 1 is 0.931 bits per heavy atom. The number of aromatic nitrogens is 2. The number of hydrogen-bond acceptors (Lipinski definition) is 4. The van der Waals surface area contributed by atoms with Gasteiger partial charge in [-0.25, -0.2) is 0 Å². The van der Waals surface area contributed by atoms with Gasteiger partial charge in [0.2, 0.25) is 5.78 Å². The highest BCUT2D eigenvalue weighted by atomic mass is 16.2. The van der Waals surface area contributed by atoms with Gasteiger partial charge in [-0.3, -0.25) is 24.6 Å². The minimum Gasteiger partial charge on any atom is -0.378 e. The number of para-hydroxylation sites is 1. The first-order chi connectivity index (χ1) is 13.9. The Morgan fingerprint density at radius 2 is 1.62 bits per heavy atom. The van der Waals surface area contributed by atoms with Gasteiger partial charge >= 0.3 is 0 Å². The summed E-state index contributed by atoms with van der Waals surface area (Å²) >= 11 is 0. The van der Waals surface area contributed by atoms with Crippen molar-refractivity contribution in [2.45, 2.75) is 0 Å². The lowest BCUT2D eigenvalue weighted by Gasteiger charge is -2.25. The molecule has 0 bridgehead atoms. The topological polar surface area (TPSA) is 89.3 Å². The maximum Gasteiger partial charge on any atom is 0.271 e. The smallest absolute Gasteiger partial charge is 0.271 e. The number of ketones is 1. The number of Topliss-reactive ketones (excluding diaryl/α,β-unsaturated/α-hetero) is 1. The summed E-state index contributed by atoms with van der Waals surface area (Å²) in [4.78, 5) is 41.8. The van der Waals surface area contributed by atoms with Gasteiger partial charge in [-0.1, -0.05) is 24.3 Å². The van der Waals surface area contributed by atoms with Gasteiger partial charge in [-0.2, -0.15) is 0 Å². The Hall–Kier alpha value is -3.87. The number of nitrogens with zero attached hydrogens (tertiary/aromatic N) is 2. The number of benzene rings is 2. The lowest BCUT2D eigenvalue weighted by Crippen LogP contribution is -2.44. The van der Waals surface area contributed by atoms with Gasteiger partial charge < -0.3 is 9.80 Å². The van der Waals surface area contributed by atoms with Crippen LogP contribution in [-0.4, -0.2) is 43.0 Å². The first-order valence-electron chi connectivity index (χ1n) is 9.10. The van der Waals surface area contributed by atoms with Crippen molar-refractivity contribution in [1.29, 1.82) is 0 Å². The number of anilines is 2. The molecule has 0 radical (unpaired) electrons. The molecule has 0 fully saturated rings. The maximum absolute atomic E-state index is 13.1. The monoisotopic (exact) mass is 388 g/mol. The van der Waals surface area contributed by atoms with Crippen molar-refractivity contribution in [2.75, 3.05) is 30.9 Å². The molecule has 0 atom stereocenters. The van der Waals surface area contributed by atoms with Crippen LogP contribution in [0.25, 0.3) is 11.6 Å². The van der Waals surface area contributed by atoms with Gasteiger partial charge in [0.05, 0.1) is 16.3 Å². The summed E-state index contributed by atoms with van der Waals surface area (Å²) in [5, 5.41) is 5.66. The van der Waals surface area contributed by atoms with E-state index in [0.717, 1.165) is 11.3 Å². The number of carbonyl (C=O) groups excluding carboxylic acids is 2. The van der Waals surface area contributed by atoms with Crippen LogP contribution in [0.1, 0.15) is 15.9 Å². The molecule has 2 heterocycles. The standard InChI is InChI=1S/C22H20N4O3/c1-25(2)14-10-8-13(9-11-14)12-16-19(23-24-21(16)28)18-20(27)15-6-4-5-7-17(15)26(3)22(18)29/h4-12,23H,1-3H3,(H,24,28)/b16-12-,19-18+. The number of H-pyrrole nitrogens is 2. The second-order valence-corrected chi connectivity index (χ2v) is 7.08. The number of fused-ring (bicyclic) bond motifs is 1. The first-order valence-corrected chi connectivity index (χ1v) is 9.10. The van der Waals surface area contributed by atoms with Gasteiger partial charge in [0.15, 0.2) is 0 Å². The molecule has 0 saturated carbocycles. The van der Waals surface area contributed by atoms with Crippen molar-refractivity contribution in [2.24, 2.45) is 0 Å². The van der Waals surface area contributed by atoms with Crippen LogP contribution in [0, 0.1) is 0 Å². The van der Waals surface area contributed by atoms with Gasteiger partial charge in [-0.15, -0.1) is 0 Å². The SMILES string of the molecule is CN(C)c1ccc(/C=c2\c(=O)[nH][nH]\c2=C2/C(=O)c3ccccc3N(C)C2=O)cc1. The average molecular weight is 388 g/mol. The average Bonchev–Trinajstić information content (AvgIpc) is 3.07. The van der Waals surface area contributed by atoms with E-state index in [1.165, 1.54) is 4.90 Å². The fourth-order valence-corrected chi connectivity index (χ4v) is 3.43. The van der Waals surface area contributed by atoms with E-state index < -0.39 is 17.2 Å². The zero-order valence-corrected chi connectivity index (χ0v) is 16.3. The fraction of sp³-hybridized carbons (Fsp3) is 0.136. The van der Waals surface area contributed by atoms with Crippen molar-refractivity contribution in [3.63, 3.8) is 0 Å². The van der Waals surface area contributed by atoms with Crippen molar-refractivity contribution < 1.29 is 9.59 Å². The Morgan fingerprint density at radius 3 is 2.31 bits per heavy atom. The molecule has 0 saturated heterocycles. The van der Waals surface area contributed by atoms with Crippen molar-refractivity contribution in [3.05, 3.63) is 80.6 Å². The number of carbonyl (C=O) groups is 2. The number of aromatic amines is 2. The summed E-state index contributed by atoms with van der Waals surface area (Å²) < 4.78 is 0. The largest absolute Gasteiger partial charge is 0.378 e. The third kappa shape index (κ3) is 3.06. The third-order valence-corrected chi connectivity index (χ3v) is 5.04. The van der Waals surface area contributed by atoms with Gasteiger partial charge in [-0.05, 0) is 35.9 Å². The predicted octanol–water partition coefficient (Wildman–Crippen LogP) is 0.608. The summed E-state index contributed by atoms with van der Waals surface area (Å²) in [6.07, 6.45) is 1.66. The van der Waals surface area contributed by atoms with Crippen LogP contribution in [0.2, 0.25) is 0 Å². The second kappa shape index (κ2) is 6.94. The van der Waals surface area contributed by atoms with Crippen LogP contribution in [0.15, 0.2) is 53.3 Å². The van der Waals surface area contributed by atoms with Crippen LogP contribution >= 0.6 is 0 Å². The lowest BCUT2D eigenvalue weighted by molar-refractivity contribution is -0.113. The van der Waals surface area contributed by atoms with Crippen LogP contribution in [0.4, 0.5) is 11.4 Å². The summed E-state index contributed by atoms with van der Waals surface area (Å²) in [6.45, 7) is 0. The summed E-state index contributed by atoms with van der Waals surface area (Å²) in [6, 6.07) is 14.5. The van der Waals surface area contributed by atoms with Crippen molar-refractivity contribution >= 4 is 34.7 Å². The van der Waals surface area contributed by atoms with Crippen molar-refractivity contribution in [1.82, 2.24) is 10.2 Å². The molecule has 7 nitrogen and oxygen atoms in total. The van der Waals surface area contributed by atoms with Crippen LogP contribution in [-0.2, 0) is 4.79 Å². The molecule has 7 heteroatoms. The van der Waals surface area contributed by atoms with Crippen molar-refractivity contribution in [3.8, 4) is 0 Å². The highest BCUT2D eigenvalue weighted by molar-refractivity contribution is 6.51. The minimum absolute atomic E-state index is 0.0549. The van der Waals surface area contributed by atoms with E-state index in [1.807, 2.05) is 43.3 Å². The summed E-state index contributed by atoms with van der Waals surface area (Å²) in [5.41, 5.74) is 2.33. The molecule has 1 aliphatic heterocycles. The van der Waals surface area contributed by atoms with Crippen LogP contribution < -0.4 is 25.9 Å². The van der Waals surface area contributed by atoms with E-state index in [2.05, 4.69) is 10.2 Å². The van der Waals surface area contributed by atoms with E-state index in [4.69, 9.17) is 0 Å². The molecule has 1 aliphatic rings. The molecule has 3 aromatic rings. The Balaban J connectivity index is 1.96. The minimum atomic E-state index is -0.457. The first kappa shape index (κ1) is 18.5. The van der Waals surface area contributed by atoms with E-state index in [1.54, 1.807) is 37.4 Å². The van der Waals surface area contributed by atoms with E-state index in [0.29, 0.717) is 11.3 Å². The zero-order valence-electron chi connectivity index (χ0n) is 16.3. The van der Waals surface area contributed by atoms with E-state index >= 15 is 0 Å². The van der Waals surface area contributed by atoms with Crippen LogP contribution in [0.5, 0.6) is 0 Å². The molecule has 4 rings (SSSR count). The number of amides is 1. The predicted molar refractivity (Wildman–Crippen MR) is 113 cm³/mol. The maximum atomic E-state index is 13.1. The van der Waals surface area contributed by atoms with Gasteiger partial charge in [0, 0.05) is 32.4 Å². The molecule has 1 aromatic heterocycles. The van der Waals surface area contributed by atoms with Gasteiger partial charge in [0.1, 0.15) is 5.57 Å². The molecular formula is C22H20N4O3. The molecular weight excluding hydrogens is 368 g/mol. The Labute approximate surface area is 166 Å². The number of rotatable bonds is 2. The van der Waals surface area contributed by atoms with E-state index in [-0.39, 0.29) is 16.1 Å². The Bertz CT molecular complexity index is 1300.